The van der Waals surface area contributed by atoms with Gasteiger partial charge < -0.3 is 5.32 Å². The summed E-state index contributed by atoms with van der Waals surface area (Å²) in [5.41, 5.74) is 0.964. The highest BCUT2D eigenvalue weighted by Gasteiger charge is 2.43. The van der Waals surface area contributed by atoms with Crippen molar-refractivity contribution in [3.63, 3.8) is 0 Å². The lowest BCUT2D eigenvalue weighted by molar-refractivity contribution is 0.0928. The number of sulfonamides is 1. The van der Waals surface area contributed by atoms with E-state index in [0.29, 0.717) is 54.5 Å². The van der Waals surface area contributed by atoms with Crippen LogP contribution >= 0.6 is 23.2 Å². The minimum absolute atomic E-state index is 0.0310. The number of piperidine rings is 1. The fourth-order valence-electron chi connectivity index (χ4n) is 4.42. The molecular weight excluding hydrogens is 469 g/mol. The van der Waals surface area contributed by atoms with Crippen molar-refractivity contribution < 1.29 is 13.2 Å². The summed E-state index contributed by atoms with van der Waals surface area (Å²) in [5, 5.41) is 3.76. The lowest BCUT2D eigenvalue weighted by Crippen LogP contribution is -2.51. The van der Waals surface area contributed by atoms with E-state index in [-0.39, 0.29) is 23.0 Å². The van der Waals surface area contributed by atoms with Crippen molar-refractivity contribution in [2.45, 2.75) is 38.5 Å². The molecule has 1 atom stereocenters. The highest BCUT2D eigenvalue weighted by Crippen LogP contribution is 2.41. The van der Waals surface area contributed by atoms with E-state index in [9.17, 15) is 13.2 Å². The van der Waals surface area contributed by atoms with E-state index in [1.54, 1.807) is 28.7 Å². The third-order valence-electron chi connectivity index (χ3n) is 6.33. The number of carbonyl (C=O) groups excluding carboxylic acids is 1. The molecule has 9 heteroatoms. The van der Waals surface area contributed by atoms with Gasteiger partial charge in [0.1, 0.15) is 0 Å². The molecule has 1 fully saturated rings. The number of carbonyl (C=O) groups is 1. The molecule has 1 unspecified atom stereocenters. The van der Waals surface area contributed by atoms with Crippen LogP contribution in [0.3, 0.4) is 0 Å². The van der Waals surface area contributed by atoms with Gasteiger partial charge in [-0.05, 0) is 55.5 Å². The van der Waals surface area contributed by atoms with Crippen molar-refractivity contribution in [1.29, 1.82) is 0 Å². The fraction of sp³-hybridized carbons (Fsp3) is 0.478. The molecule has 1 aromatic carbocycles. The summed E-state index contributed by atoms with van der Waals surface area (Å²) in [6.45, 7) is 5.25. The Morgan fingerprint density at radius 3 is 2.53 bits per heavy atom. The van der Waals surface area contributed by atoms with Crippen LogP contribution in [0.1, 0.15) is 49.2 Å². The van der Waals surface area contributed by atoms with Crippen molar-refractivity contribution in [2.75, 3.05) is 25.4 Å². The van der Waals surface area contributed by atoms with Crippen molar-refractivity contribution in [3.8, 4) is 0 Å². The highest BCUT2D eigenvalue weighted by molar-refractivity contribution is 7.89. The number of benzene rings is 1. The van der Waals surface area contributed by atoms with Gasteiger partial charge in [-0.3, -0.25) is 9.78 Å². The van der Waals surface area contributed by atoms with Crippen LogP contribution in [0.5, 0.6) is 0 Å². The van der Waals surface area contributed by atoms with Crippen molar-refractivity contribution >= 4 is 39.1 Å². The number of pyridine rings is 1. The standard InChI is InChI=1S/C23H29Cl2N3O3S/c1-3-14-32(30,31)28-12-9-23(10-13-28,21-6-4-5-11-26-21)17(2)16-27-22(29)19-8-7-18(24)15-20(19)25/h4-8,11,15,17H,3,9-10,12-14,16H2,1-2H3,(H,27,29). The second kappa shape index (κ2) is 10.5. The number of nitrogens with one attached hydrogen (secondary N) is 1. The molecule has 2 heterocycles. The van der Waals surface area contributed by atoms with Crippen LogP contribution < -0.4 is 5.32 Å². The van der Waals surface area contributed by atoms with Gasteiger partial charge in [-0.25, -0.2) is 12.7 Å². The van der Waals surface area contributed by atoms with E-state index < -0.39 is 10.0 Å². The van der Waals surface area contributed by atoms with Gasteiger partial charge in [0.25, 0.3) is 5.91 Å². The number of rotatable bonds is 8. The zero-order valence-corrected chi connectivity index (χ0v) is 20.7. The SMILES string of the molecule is CCCS(=O)(=O)N1CCC(c2ccccn2)(C(C)CNC(=O)c2ccc(Cl)cc2Cl)CC1. The first kappa shape index (κ1) is 25.0. The van der Waals surface area contributed by atoms with Crippen LogP contribution in [0.25, 0.3) is 0 Å². The van der Waals surface area contributed by atoms with Crippen LogP contribution in [0.2, 0.25) is 10.0 Å². The Labute approximate surface area is 200 Å². The largest absolute Gasteiger partial charge is 0.352 e. The van der Waals surface area contributed by atoms with Gasteiger partial charge in [0.05, 0.1) is 16.3 Å². The quantitative estimate of drug-likeness (QED) is 0.580. The van der Waals surface area contributed by atoms with Gasteiger partial charge in [-0.2, -0.15) is 0 Å². The predicted octanol–water partition coefficient (Wildman–Crippen LogP) is 4.53. The fourth-order valence-corrected chi connectivity index (χ4v) is 6.43. The molecule has 2 aromatic rings. The smallest absolute Gasteiger partial charge is 0.252 e. The van der Waals surface area contributed by atoms with Crippen molar-refractivity contribution in [3.05, 3.63) is 63.9 Å². The first-order chi connectivity index (χ1) is 15.2. The molecule has 1 aliphatic rings. The van der Waals surface area contributed by atoms with E-state index in [1.165, 1.54) is 0 Å². The monoisotopic (exact) mass is 497 g/mol. The Bertz CT molecular complexity index is 1040. The summed E-state index contributed by atoms with van der Waals surface area (Å²) in [4.78, 5) is 17.3. The number of hydrogen-bond donors (Lipinski definition) is 1. The van der Waals surface area contributed by atoms with E-state index in [2.05, 4.69) is 17.2 Å². The molecule has 1 N–H and O–H groups in total. The zero-order valence-electron chi connectivity index (χ0n) is 18.4. The number of hydrogen-bond acceptors (Lipinski definition) is 4. The van der Waals surface area contributed by atoms with Crippen molar-refractivity contribution in [1.82, 2.24) is 14.6 Å². The molecule has 3 rings (SSSR count). The number of halogens is 2. The third-order valence-corrected chi connectivity index (χ3v) is 8.96. The summed E-state index contributed by atoms with van der Waals surface area (Å²) in [6.07, 6.45) is 3.65. The van der Waals surface area contributed by atoms with E-state index >= 15 is 0 Å². The lowest BCUT2D eigenvalue weighted by atomic mass is 9.67. The Balaban J connectivity index is 1.77. The maximum Gasteiger partial charge on any atom is 0.252 e. The van der Waals surface area contributed by atoms with Gasteiger partial charge in [0, 0.05) is 42.0 Å². The van der Waals surface area contributed by atoms with E-state index in [0.717, 1.165) is 5.69 Å². The molecule has 6 nitrogen and oxygen atoms in total. The molecule has 174 valence electrons. The Morgan fingerprint density at radius 2 is 1.94 bits per heavy atom. The molecule has 1 saturated heterocycles. The number of nitrogens with zero attached hydrogens (tertiary/aromatic N) is 2. The molecular formula is C23H29Cl2N3O3S. The predicted molar refractivity (Wildman–Crippen MR) is 129 cm³/mol. The van der Waals surface area contributed by atoms with Crippen LogP contribution in [-0.4, -0.2) is 49.0 Å². The molecule has 1 amide bonds. The molecule has 0 saturated carbocycles. The molecule has 0 aliphatic carbocycles. The lowest BCUT2D eigenvalue weighted by Gasteiger charge is -2.45. The number of amides is 1. The summed E-state index contributed by atoms with van der Waals surface area (Å²) in [6, 6.07) is 10.6. The molecule has 0 spiro atoms. The van der Waals surface area contributed by atoms with E-state index in [1.807, 2.05) is 25.1 Å². The Morgan fingerprint density at radius 1 is 1.22 bits per heavy atom. The average molecular weight is 498 g/mol. The highest BCUT2D eigenvalue weighted by atomic mass is 35.5. The zero-order chi connectivity index (χ0) is 23.4. The minimum Gasteiger partial charge on any atom is -0.352 e. The molecule has 1 aromatic heterocycles. The summed E-state index contributed by atoms with van der Waals surface area (Å²) >= 11 is 12.1. The van der Waals surface area contributed by atoms with Crippen molar-refractivity contribution in [2.24, 2.45) is 5.92 Å². The maximum atomic E-state index is 12.7. The number of aromatic nitrogens is 1. The van der Waals surface area contributed by atoms with E-state index in [4.69, 9.17) is 23.2 Å². The summed E-state index contributed by atoms with van der Waals surface area (Å²) in [7, 11) is -3.24. The summed E-state index contributed by atoms with van der Waals surface area (Å²) < 4.78 is 26.7. The maximum absolute atomic E-state index is 12.7. The normalized spacial score (nSPS) is 17.6. The van der Waals surface area contributed by atoms with Gasteiger partial charge in [0.2, 0.25) is 10.0 Å². The van der Waals surface area contributed by atoms with Crippen LogP contribution in [-0.2, 0) is 15.4 Å². The second-order valence-corrected chi connectivity index (χ2v) is 11.3. The first-order valence-corrected chi connectivity index (χ1v) is 13.2. The molecule has 32 heavy (non-hydrogen) atoms. The van der Waals surface area contributed by atoms with Crippen LogP contribution in [0.4, 0.5) is 0 Å². The van der Waals surface area contributed by atoms with Gasteiger partial charge in [-0.15, -0.1) is 0 Å². The molecule has 1 aliphatic heterocycles. The van der Waals surface area contributed by atoms with Gasteiger partial charge >= 0.3 is 0 Å². The Hall–Kier alpha value is -1.67. The topological polar surface area (TPSA) is 79.4 Å². The summed E-state index contributed by atoms with van der Waals surface area (Å²) in [5.74, 6) is -0.0714. The van der Waals surface area contributed by atoms with Gasteiger partial charge in [-0.1, -0.05) is 43.1 Å². The molecule has 0 bridgehead atoms. The van der Waals surface area contributed by atoms with Gasteiger partial charge in [0.15, 0.2) is 0 Å². The average Bonchev–Trinajstić information content (AvgIpc) is 2.77. The minimum atomic E-state index is -3.24. The molecule has 0 radical (unpaired) electrons. The third kappa shape index (κ3) is 5.45. The van der Waals surface area contributed by atoms with Crippen LogP contribution in [0.15, 0.2) is 42.6 Å². The Kier molecular flexibility index (Phi) is 8.20. The van der Waals surface area contributed by atoms with Crippen LogP contribution in [0, 0.1) is 5.92 Å². The first-order valence-electron chi connectivity index (χ1n) is 10.8. The second-order valence-electron chi connectivity index (χ2n) is 8.32.